The van der Waals surface area contributed by atoms with Gasteiger partial charge in [-0.15, -0.1) is 0 Å². The lowest BCUT2D eigenvalue weighted by atomic mass is 10.2. The monoisotopic (exact) mass is 328 g/mol. The molecular formula is C16H13ClN4O2. The highest BCUT2D eigenvalue weighted by Gasteiger charge is 2.17. The molecule has 2 heterocycles. The van der Waals surface area contributed by atoms with Crippen molar-refractivity contribution in [2.24, 2.45) is 0 Å². The molecule has 1 amide bonds. The molecule has 0 aliphatic rings. The minimum absolute atomic E-state index is 0.247. The first-order valence-corrected chi connectivity index (χ1v) is 7.32. The number of nitrogens with one attached hydrogen (secondary N) is 1. The van der Waals surface area contributed by atoms with E-state index in [1.165, 1.54) is 6.20 Å². The number of hydrogen-bond acceptors (Lipinski definition) is 5. The number of halogens is 1. The van der Waals surface area contributed by atoms with Crippen LogP contribution in [0, 0.1) is 0 Å². The summed E-state index contributed by atoms with van der Waals surface area (Å²) in [6.07, 6.45) is 3.11. The number of benzene rings is 1. The molecule has 1 atom stereocenters. The molecule has 2 aromatic heterocycles. The van der Waals surface area contributed by atoms with Gasteiger partial charge in [0.25, 0.3) is 11.8 Å². The van der Waals surface area contributed by atoms with Gasteiger partial charge in [-0.1, -0.05) is 16.8 Å². The molecule has 0 bridgehead atoms. The van der Waals surface area contributed by atoms with Crippen LogP contribution in [0.5, 0.6) is 0 Å². The Hall–Kier alpha value is -2.73. The molecule has 0 spiro atoms. The Morgan fingerprint density at radius 2 is 2.04 bits per heavy atom. The van der Waals surface area contributed by atoms with E-state index in [0.717, 1.165) is 5.56 Å². The van der Waals surface area contributed by atoms with Crippen LogP contribution >= 0.6 is 11.6 Å². The smallest absolute Gasteiger partial charge is 0.257 e. The van der Waals surface area contributed by atoms with E-state index in [4.69, 9.17) is 16.1 Å². The summed E-state index contributed by atoms with van der Waals surface area (Å²) < 4.78 is 5.23. The maximum Gasteiger partial charge on any atom is 0.257 e. The highest BCUT2D eigenvalue weighted by Crippen LogP contribution is 2.21. The number of carbonyl (C=O) groups excluding carboxylic acids is 1. The van der Waals surface area contributed by atoms with Crippen molar-refractivity contribution in [2.45, 2.75) is 13.0 Å². The van der Waals surface area contributed by atoms with Gasteiger partial charge < -0.3 is 9.84 Å². The van der Waals surface area contributed by atoms with E-state index in [1.54, 1.807) is 49.5 Å². The lowest BCUT2D eigenvalue weighted by Crippen LogP contribution is -2.27. The van der Waals surface area contributed by atoms with Crippen LogP contribution in [0.15, 0.2) is 53.3 Å². The first kappa shape index (κ1) is 15.2. The summed E-state index contributed by atoms with van der Waals surface area (Å²) in [6.45, 7) is 1.78. The van der Waals surface area contributed by atoms with Crippen LogP contribution < -0.4 is 5.32 Å². The van der Waals surface area contributed by atoms with Crippen LogP contribution in [0.25, 0.3) is 11.5 Å². The quantitative estimate of drug-likeness (QED) is 0.795. The van der Waals surface area contributed by atoms with E-state index in [9.17, 15) is 4.79 Å². The third-order valence-corrected chi connectivity index (χ3v) is 3.44. The van der Waals surface area contributed by atoms with Gasteiger partial charge in [0.05, 0.1) is 11.6 Å². The van der Waals surface area contributed by atoms with Gasteiger partial charge in [-0.3, -0.25) is 9.78 Å². The summed E-state index contributed by atoms with van der Waals surface area (Å²) in [6, 6.07) is 10.1. The molecule has 6 nitrogen and oxygen atoms in total. The number of amides is 1. The van der Waals surface area contributed by atoms with Gasteiger partial charge in [-0.05, 0) is 43.3 Å². The van der Waals surface area contributed by atoms with E-state index in [0.29, 0.717) is 22.3 Å². The van der Waals surface area contributed by atoms with Crippen LogP contribution in [0.1, 0.15) is 29.1 Å². The average Bonchev–Trinajstić information content (AvgIpc) is 3.06. The molecule has 1 aromatic carbocycles. The number of nitrogens with zero attached hydrogens (tertiary/aromatic N) is 3. The zero-order chi connectivity index (χ0) is 16.2. The second-order valence-corrected chi connectivity index (χ2v) is 5.34. The fourth-order valence-corrected chi connectivity index (χ4v) is 2.09. The molecule has 0 radical (unpaired) electrons. The second-order valence-electron chi connectivity index (χ2n) is 4.90. The third kappa shape index (κ3) is 3.54. The molecule has 0 saturated carbocycles. The number of hydrogen-bond donors (Lipinski definition) is 1. The molecule has 116 valence electrons. The summed E-state index contributed by atoms with van der Waals surface area (Å²) in [5.41, 5.74) is 1.24. The molecule has 23 heavy (non-hydrogen) atoms. The molecule has 7 heteroatoms. The van der Waals surface area contributed by atoms with Gasteiger partial charge in [0.2, 0.25) is 0 Å². The highest BCUT2D eigenvalue weighted by atomic mass is 35.5. The number of rotatable bonds is 4. The first-order chi connectivity index (χ1) is 11.1. The summed E-state index contributed by atoms with van der Waals surface area (Å²) in [5, 5.41) is 7.34. The Morgan fingerprint density at radius 1 is 1.26 bits per heavy atom. The van der Waals surface area contributed by atoms with Crippen LogP contribution in [0.4, 0.5) is 0 Å². The Morgan fingerprint density at radius 3 is 2.74 bits per heavy atom. The van der Waals surface area contributed by atoms with Crippen molar-refractivity contribution in [3.63, 3.8) is 0 Å². The molecule has 3 rings (SSSR count). The van der Waals surface area contributed by atoms with Crippen molar-refractivity contribution in [1.29, 1.82) is 0 Å². The van der Waals surface area contributed by atoms with Gasteiger partial charge >= 0.3 is 0 Å². The van der Waals surface area contributed by atoms with E-state index in [1.807, 2.05) is 0 Å². The zero-order valence-corrected chi connectivity index (χ0v) is 13.0. The Balaban J connectivity index is 1.72. The summed E-state index contributed by atoms with van der Waals surface area (Å²) in [5.74, 6) is 0.523. The topological polar surface area (TPSA) is 80.9 Å². The lowest BCUT2D eigenvalue weighted by Gasteiger charge is -2.09. The van der Waals surface area contributed by atoms with Crippen molar-refractivity contribution in [1.82, 2.24) is 20.4 Å². The molecule has 1 unspecified atom stereocenters. The van der Waals surface area contributed by atoms with Crippen molar-refractivity contribution < 1.29 is 9.32 Å². The third-order valence-electron chi connectivity index (χ3n) is 3.19. The van der Waals surface area contributed by atoms with Crippen molar-refractivity contribution >= 4 is 17.5 Å². The van der Waals surface area contributed by atoms with Gasteiger partial charge in [0.1, 0.15) is 0 Å². The number of aromatic nitrogens is 3. The van der Waals surface area contributed by atoms with Crippen LogP contribution in [0.2, 0.25) is 5.02 Å². The molecule has 0 saturated heterocycles. The van der Waals surface area contributed by atoms with Crippen molar-refractivity contribution in [2.75, 3.05) is 0 Å². The Labute approximate surface area is 137 Å². The second kappa shape index (κ2) is 6.58. The largest absolute Gasteiger partial charge is 0.342 e. The van der Waals surface area contributed by atoms with E-state index < -0.39 is 6.04 Å². The fourth-order valence-electron chi connectivity index (χ4n) is 1.96. The summed E-state index contributed by atoms with van der Waals surface area (Å²) in [7, 11) is 0. The van der Waals surface area contributed by atoms with E-state index in [2.05, 4.69) is 20.4 Å². The molecule has 3 aromatic rings. The maximum atomic E-state index is 12.1. The van der Waals surface area contributed by atoms with Gasteiger partial charge in [-0.2, -0.15) is 4.98 Å². The normalized spacial score (nSPS) is 11.9. The first-order valence-electron chi connectivity index (χ1n) is 6.94. The van der Waals surface area contributed by atoms with E-state index >= 15 is 0 Å². The predicted octanol–water partition coefficient (Wildman–Crippen LogP) is 3.28. The minimum Gasteiger partial charge on any atom is -0.342 e. The van der Waals surface area contributed by atoms with E-state index in [-0.39, 0.29) is 5.91 Å². The van der Waals surface area contributed by atoms with Crippen molar-refractivity contribution in [3.05, 3.63) is 65.2 Å². The van der Waals surface area contributed by atoms with Crippen LogP contribution in [0.3, 0.4) is 0 Å². The summed E-state index contributed by atoms with van der Waals surface area (Å²) >= 11 is 5.85. The van der Waals surface area contributed by atoms with Gasteiger partial charge in [0, 0.05) is 23.0 Å². The average molecular weight is 329 g/mol. The van der Waals surface area contributed by atoms with Crippen LogP contribution in [-0.4, -0.2) is 21.0 Å². The minimum atomic E-state index is -0.396. The van der Waals surface area contributed by atoms with Crippen molar-refractivity contribution in [3.8, 4) is 11.5 Å². The van der Waals surface area contributed by atoms with Gasteiger partial charge in [0.15, 0.2) is 5.82 Å². The molecule has 0 aliphatic carbocycles. The Bertz CT molecular complexity index is 802. The SMILES string of the molecule is CC(NC(=O)c1cccnc1)c1noc(-c2ccc(Cl)cc2)n1. The molecule has 1 N–H and O–H groups in total. The lowest BCUT2D eigenvalue weighted by molar-refractivity contribution is 0.0937. The predicted molar refractivity (Wildman–Crippen MR) is 84.9 cm³/mol. The molecule has 0 aliphatic heterocycles. The number of carbonyl (C=O) groups is 1. The molecule has 0 fully saturated rings. The Kier molecular flexibility index (Phi) is 4.34. The van der Waals surface area contributed by atoms with Crippen LogP contribution in [-0.2, 0) is 0 Å². The fraction of sp³-hybridized carbons (Fsp3) is 0.125. The maximum absolute atomic E-state index is 12.1. The number of pyridine rings is 1. The molecular weight excluding hydrogens is 316 g/mol. The van der Waals surface area contributed by atoms with Gasteiger partial charge in [-0.25, -0.2) is 0 Å². The standard InChI is InChI=1S/C16H13ClN4O2/c1-10(19-15(22)12-3-2-8-18-9-12)14-20-16(23-21-14)11-4-6-13(17)7-5-11/h2-10H,1H3,(H,19,22). The summed E-state index contributed by atoms with van der Waals surface area (Å²) in [4.78, 5) is 20.3. The highest BCUT2D eigenvalue weighted by molar-refractivity contribution is 6.30. The zero-order valence-electron chi connectivity index (χ0n) is 12.2.